The van der Waals surface area contributed by atoms with Crippen LogP contribution in [0.4, 0.5) is 0 Å². The monoisotopic (exact) mass is 679 g/mol. The number of rotatable bonds is 3. The summed E-state index contributed by atoms with van der Waals surface area (Å²) in [5, 5.41) is 2.19. The van der Waals surface area contributed by atoms with Crippen LogP contribution >= 0.6 is 0 Å². The summed E-state index contributed by atoms with van der Waals surface area (Å²) in [6, 6.07) is 58.1. The van der Waals surface area contributed by atoms with Crippen LogP contribution in [0.15, 0.2) is 168 Å². The second-order valence-corrected chi connectivity index (χ2v) is 14.7. The molecular formula is C49H33N3O. The van der Waals surface area contributed by atoms with E-state index < -0.39 is 5.41 Å². The van der Waals surface area contributed by atoms with Crippen molar-refractivity contribution in [2.45, 2.75) is 24.7 Å². The van der Waals surface area contributed by atoms with Gasteiger partial charge in [0, 0.05) is 27.3 Å². The Kier molecular flexibility index (Phi) is 6.19. The molecule has 4 nitrogen and oxygen atoms in total. The van der Waals surface area contributed by atoms with Gasteiger partial charge in [0.1, 0.15) is 11.2 Å². The Labute approximate surface area is 307 Å². The van der Waals surface area contributed by atoms with E-state index in [1.54, 1.807) is 0 Å². The highest BCUT2D eigenvalue weighted by atomic mass is 16.3. The third-order valence-corrected chi connectivity index (χ3v) is 11.6. The average molecular weight is 680 g/mol. The van der Waals surface area contributed by atoms with Crippen molar-refractivity contribution >= 4 is 21.9 Å². The maximum Gasteiger partial charge on any atom is 0.167 e. The van der Waals surface area contributed by atoms with Crippen molar-refractivity contribution in [3.05, 3.63) is 197 Å². The van der Waals surface area contributed by atoms with Gasteiger partial charge in [-0.05, 0) is 56.6 Å². The van der Waals surface area contributed by atoms with E-state index in [1.165, 1.54) is 44.5 Å². The summed E-state index contributed by atoms with van der Waals surface area (Å²) in [7, 11) is 0. The second kappa shape index (κ2) is 10.9. The minimum atomic E-state index is -0.479. The number of aromatic nitrogens is 3. The summed E-state index contributed by atoms with van der Waals surface area (Å²) < 4.78 is 6.97. The molecule has 0 fully saturated rings. The van der Waals surface area contributed by atoms with E-state index in [2.05, 4.69) is 117 Å². The van der Waals surface area contributed by atoms with Gasteiger partial charge in [0.05, 0.1) is 11.0 Å². The molecule has 2 aliphatic carbocycles. The van der Waals surface area contributed by atoms with Crippen molar-refractivity contribution in [2.75, 3.05) is 0 Å². The zero-order chi connectivity index (χ0) is 35.3. The first kappa shape index (κ1) is 30.0. The van der Waals surface area contributed by atoms with Crippen LogP contribution in [0.2, 0.25) is 0 Å². The summed E-state index contributed by atoms with van der Waals surface area (Å²) in [5.74, 6) is 1.83. The lowest BCUT2D eigenvalue weighted by molar-refractivity contribution is 0.567. The Hall–Kier alpha value is -6.65. The van der Waals surface area contributed by atoms with Gasteiger partial charge < -0.3 is 4.42 Å². The molecule has 250 valence electrons. The van der Waals surface area contributed by atoms with Crippen molar-refractivity contribution in [3.8, 4) is 45.3 Å². The van der Waals surface area contributed by atoms with Gasteiger partial charge in [-0.1, -0.05) is 166 Å². The minimum absolute atomic E-state index is 0.329. The molecule has 11 rings (SSSR count). The third kappa shape index (κ3) is 4.03. The highest BCUT2D eigenvalue weighted by Gasteiger charge is 2.54. The largest absolute Gasteiger partial charge is 0.455 e. The molecule has 0 saturated carbocycles. The molecule has 0 bridgehead atoms. The molecule has 7 aromatic carbocycles. The average Bonchev–Trinajstić information content (AvgIpc) is 3.75. The zero-order valence-electron chi connectivity index (χ0n) is 29.3. The molecular weight excluding hydrogens is 647 g/mol. The minimum Gasteiger partial charge on any atom is -0.455 e. The van der Waals surface area contributed by atoms with Crippen LogP contribution in [0.5, 0.6) is 0 Å². The molecule has 53 heavy (non-hydrogen) atoms. The Morgan fingerprint density at radius 2 is 0.925 bits per heavy atom. The fourth-order valence-corrected chi connectivity index (χ4v) is 9.41. The zero-order valence-corrected chi connectivity index (χ0v) is 29.3. The number of hydrogen-bond donors (Lipinski definition) is 0. The van der Waals surface area contributed by atoms with Gasteiger partial charge in [0.2, 0.25) is 0 Å². The molecule has 0 amide bonds. The van der Waals surface area contributed by atoms with Crippen LogP contribution < -0.4 is 0 Å². The van der Waals surface area contributed by atoms with Crippen molar-refractivity contribution < 1.29 is 4.42 Å². The first-order valence-corrected chi connectivity index (χ1v) is 18.2. The van der Waals surface area contributed by atoms with Gasteiger partial charge >= 0.3 is 0 Å². The molecule has 9 aromatic rings. The molecule has 0 saturated heterocycles. The molecule has 2 aromatic heterocycles. The Morgan fingerprint density at radius 3 is 1.55 bits per heavy atom. The van der Waals surface area contributed by atoms with Gasteiger partial charge in [-0.3, -0.25) is 0 Å². The van der Waals surface area contributed by atoms with Crippen molar-refractivity contribution in [3.63, 3.8) is 0 Å². The van der Waals surface area contributed by atoms with Gasteiger partial charge in [-0.2, -0.15) is 0 Å². The van der Waals surface area contributed by atoms with E-state index >= 15 is 0 Å². The number of benzene rings is 7. The molecule has 0 radical (unpaired) electrons. The summed E-state index contributed by atoms with van der Waals surface area (Å²) >= 11 is 0. The highest BCUT2D eigenvalue weighted by Crippen LogP contribution is 2.63. The lowest BCUT2D eigenvalue weighted by Gasteiger charge is -2.47. The van der Waals surface area contributed by atoms with E-state index in [9.17, 15) is 0 Å². The molecule has 2 aliphatic rings. The third-order valence-electron chi connectivity index (χ3n) is 11.6. The fourth-order valence-electron chi connectivity index (χ4n) is 9.41. The quantitative estimate of drug-likeness (QED) is 0.186. The van der Waals surface area contributed by atoms with Gasteiger partial charge in [-0.25, -0.2) is 15.0 Å². The molecule has 0 atom stereocenters. The maximum absolute atomic E-state index is 6.97. The van der Waals surface area contributed by atoms with Gasteiger partial charge in [-0.15, -0.1) is 0 Å². The SMILES string of the molecule is CC1(C)c2ccccc2C2(c3ccccc3-c3ccccc32)c2ccc3oc4c(-c5nc(-c6ccccc6)nc(-c6ccccc6)n5)cccc4c3c21. The number of furan rings is 1. The summed E-state index contributed by atoms with van der Waals surface area (Å²) in [4.78, 5) is 15.1. The van der Waals surface area contributed by atoms with Crippen LogP contribution in [-0.4, -0.2) is 15.0 Å². The smallest absolute Gasteiger partial charge is 0.167 e. The Bertz CT molecular complexity index is 2820. The summed E-state index contributed by atoms with van der Waals surface area (Å²) in [6.45, 7) is 4.74. The Balaban J connectivity index is 1.23. The van der Waals surface area contributed by atoms with Crippen molar-refractivity contribution in [2.24, 2.45) is 0 Å². The predicted molar refractivity (Wildman–Crippen MR) is 213 cm³/mol. The van der Waals surface area contributed by atoms with Crippen molar-refractivity contribution in [1.82, 2.24) is 15.0 Å². The predicted octanol–water partition coefficient (Wildman–Crippen LogP) is 11.8. The van der Waals surface area contributed by atoms with E-state index in [1.807, 2.05) is 60.7 Å². The highest BCUT2D eigenvalue weighted by molar-refractivity contribution is 6.12. The summed E-state index contributed by atoms with van der Waals surface area (Å²) in [5.41, 5.74) is 14.0. The van der Waals surface area contributed by atoms with E-state index in [4.69, 9.17) is 19.4 Å². The van der Waals surface area contributed by atoms with Crippen LogP contribution in [0, 0.1) is 0 Å². The molecule has 1 spiro atoms. The Morgan fingerprint density at radius 1 is 0.415 bits per heavy atom. The topological polar surface area (TPSA) is 51.8 Å². The first-order valence-electron chi connectivity index (χ1n) is 18.2. The molecule has 0 unspecified atom stereocenters. The van der Waals surface area contributed by atoms with Crippen molar-refractivity contribution in [1.29, 1.82) is 0 Å². The molecule has 2 heterocycles. The summed E-state index contributed by atoms with van der Waals surface area (Å²) in [6.07, 6.45) is 0. The van der Waals surface area contributed by atoms with Crippen LogP contribution in [-0.2, 0) is 10.8 Å². The lowest BCUT2D eigenvalue weighted by atomic mass is 9.55. The fraction of sp³-hybridized carbons (Fsp3) is 0.0816. The number of nitrogens with zero attached hydrogens (tertiary/aromatic N) is 3. The molecule has 0 aliphatic heterocycles. The van der Waals surface area contributed by atoms with Crippen LogP contribution in [0.3, 0.4) is 0 Å². The normalized spacial score (nSPS) is 14.5. The second-order valence-electron chi connectivity index (χ2n) is 14.7. The maximum atomic E-state index is 6.97. The van der Waals surface area contributed by atoms with E-state index in [0.717, 1.165) is 38.6 Å². The molecule has 0 N–H and O–H groups in total. The number of para-hydroxylation sites is 1. The lowest BCUT2D eigenvalue weighted by Crippen LogP contribution is -2.40. The van der Waals surface area contributed by atoms with E-state index in [0.29, 0.717) is 17.5 Å². The molecule has 4 heteroatoms. The van der Waals surface area contributed by atoms with Crippen LogP contribution in [0.1, 0.15) is 47.2 Å². The first-order chi connectivity index (χ1) is 26.0. The number of hydrogen-bond acceptors (Lipinski definition) is 4. The van der Waals surface area contributed by atoms with E-state index in [-0.39, 0.29) is 5.41 Å². The van der Waals surface area contributed by atoms with Gasteiger partial charge in [0.25, 0.3) is 0 Å². The van der Waals surface area contributed by atoms with Crippen LogP contribution in [0.25, 0.3) is 67.2 Å². The van der Waals surface area contributed by atoms with Gasteiger partial charge in [0.15, 0.2) is 17.5 Å². The number of fused-ring (bicyclic) bond motifs is 13. The standard InChI is InChI=1S/C49H33N3O/c1-48(2)38-26-13-14-27-39(38)49(36-24-11-9-20-32(36)33-21-10-12-25-37(33)49)40-28-29-41-42(43(40)48)34-22-15-23-35(44(34)53-41)47-51-45(30-16-5-3-6-17-30)50-46(52-47)31-18-7-4-8-19-31/h3-29H,1-2H3.